The Morgan fingerprint density at radius 3 is 2.76 bits per heavy atom. The van der Waals surface area contributed by atoms with Crippen LogP contribution in [0.4, 0.5) is 0 Å². The predicted molar refractivity (Wildman–Crippen MR) is 59.1 cm³/mol. The first-order chi connectivity index (χ1) is 8.28. The monoisotopic (exact) mass is 239 g/mol. The van der Waals surface area contributed by atoms with Gasteiger partial charge in [-0.25, -0.2) is 0 Å². The molecule has 4 rings (SSSR count). The van der Waals surface area contributed by atoms with Gasteiger partial charge in [0, 0.05) is 39.3 Å². The summed E-state index contributed by atoms with van der Waals surface area (Å²) in [6.07, 6.45) is -0.854. The van der Waals surface area contributed by atoms with E-state index < -0.39 is 6.10 Å². The Hall–Kier alpha value is -1.02. The van der Waals surface area contributed by atoms with E-state index >= 15 is 0 Å². The number of aliphatic hydroxyl groups excluding tert-OH is 1. The van der Waals surface area contributed by atoms with Gasteiger partial charge in [-0.3, -0.25) is 9.80 Å². The summed E-state index contributed by atoms with van der Waals surface area (Å²) < 4.78 is 5.04. The number of fused-ring (bicyclic) bond motifs is 3. The van der Waals surface area contributed by atoms with Gasteiger partial charge in [0.15, 0.2) is 5.82 Å². The van der Waals surface area contributed by atoms with E-state index in [1.807, 2.05) is 0 Å². The third-order valence-corrected chi connectivity index (χ3v) is 3.54. The zero-order chi connectivity index (χ0) is 11.8. The summed E-state index contributed by atoms with van der Waals surface area (Å²) in [5, 5.41) is 13.5. The Balaban J connectivity index is 1.78. The zero-order valence-electron chi connectivity index (χ0n) is 9.62. The van der Waals surface area contributed by atoms with Crippen LogP contribution in [0.15, 0.2) is 4.52 Å². The van der Waals surface area contributed by atoms with E-state index in [0.717, 1.165) is 32.7 Å². The maximum Gasteiger partial charge on any atom is 0.256 e. The molecule has 0 spiro atoms. The van der Waals surface area contributed by atoms with E-state index in [1.165, 1.54) is 0 Å². The minimum absolute atomic E-state index is 0.0993. The molecule has 4 heterocycles. The second-order valence-electron chi connectivity index (χ2n) is 4.59. The van der Waals surface area contributed by atoms with E-state index in [4.69, 9.17) is 10.3 Å². The molecule has 0 aliphatic carbocycles. The molecule has 7 nitrogen and oxygen atoms in total. The predicted octanol–water partition coefficient (Wildman–Crippen LogP) is -1.27. The van der Waals surface area contributed by atoms with Crippen molar-refractivity contribution in [1.82, 2.24) is 19.9 Å². The summed E-state index contributed by atoms with van der Waals surface area (Å²) >= 11 is 0. The summed E-state index contributed by atoms with van der Waals surface area (Å²) in [6, 6.07) is 0.194. The molecular formula is C10H17N5O2. The van der Waals surface area contributed by atoms with Crippen LogP contribution in [0.25, 0.3) is 0 Å². The van der Waals surface area contributed by atoms with Gasteiger partial charge in [-0.05, 0) is 0 Å². The Bertz CT molecular complexity index is 388. The molecule has 3 aliphatic rings. The van der Waals surface area contributed by atoms with Crippen molar-refractivity contribution in [3.63, 3.8) is 0 Å². The van der Waals surface area contributed by atoms with Crippen molar-refractivity contribution in [2.45, 2.75) is 12.1 Å². The Kier molecular flexibility index (Phi) is 2.83. The van der Waals surface area contributed by atoms with Crippen LogP contribution in [0, 0.1) is 0 Å². The van der Waals surface area contributed by atoms with Crippen LogP contribution in [0.3, 0.4) is 0 Å². The first-order valence-corrected chi connectivity index (χ1v) is 5.96. The van der Waals surface area contributed by atoms with Gasteiger partial charge >= 0.3 is 0 Å². The summed E-state index contributed by atoms with van der Waals surface area (Å²) in [4.78, 5) is 9.01. The second kappa shape index (κ2) is 4.34. The van der Waals surface area contributed by atoms with Crippen molar-refractivity contribution in [1.29, 1.82) is 0 Å². The van der Waals surface area contributed by atoms with Gasteiger partial charge in [0.2, 0.25) is 0 Å². The van der Waals surface area contributed by atoms with Crippen LogP contribution < -0.4 is 5.73 Å². The summed E-state index contributed by atoms with van der Waals surface area (Å²) in [5.41, 5.74) is 5.36. The second-order valence-corrected chi connectivity index (χ2v) is 4.59. The van der Waals surface area contributed by atoms with Crippen molar-refractivity contribution < 1.29 is 9.63 Å². The van der Waals surface area contributed by atoms with Gasteiger partial charge in [0.05, 0.1) is 6.04 Å². The zero-order valence-corrected chi connectivity index (χ0v) is 9.62. The highest BCUT2D eigenvalue weighted by atomic mass is 16.5. The van der Waals surface area contributed by atoms with Gasteiger partial charge in [0.1, 0.15) is 6.10 Å². The number of nitrogens with zero attached hydrogens (tertiary/aromatic N) is 4. The van der Waals surface area contributed by atoms with Crippen molar-refractivity contribution in [2.75, 3.05) is 39.3 Å². The molecule has 0 aromatic carbocycles. The van der Waals surface area contributed by atoms with Crippen molar-refractivity contribution in [3.05, 3.63) is 11.7 Å². The lowest BCUT2D eigenvalue weighted by Gasteiger charge is -2.46. The van der Waals surface area contributed by atoms with E-state index in [2.05, 4.69) is 19.9 Å². The molecule has 2 atom stereocenters. The Morgan fingerprint density at radius 1 is 1.41 bits per heavy atom. The van der Waals surface area contributed by atoms with Crippen LogP contribution in [0.5, 0.6) is 0 Å². The molecule has 3 fully saturated rings. The number of aliphatic hydroxyl groups is 1. The molecule has 1 aromatic rings. The fourth-order valence-corrected chi connectivity index (χ4v) is 2.48. The third kappa shape index (κ3) is 1.95. The van der Waals surface area contributed by atoms with Gasteiger partial charge in [-0.15, -0.1) is 0 Å². The highest BCUT2D eigenvalue weighted by Crippen LogP contribution is 2.27. The first-order valence-electron chi connectivity index (χ1n) is 5.96. The standard InChI is InChI=1S/C10H17N5O2/c11-5-8(16)10-12-9(13-17-10)7-6-14-1-3-15(7)4-2-14/h7-8,16H,1-6,11H2. The maximum atomic E-state index is 9.53. The number of piperazine rings is 3. The van der Waals surface area contributed by atoms with Gasteiger partial charge in [-0.2, -0.15) is 4.98 Å². The quantitative estimate of drug-likeness (QED) is 0.679. The lowest BCUT2D eigenvalue weighted by Crippen LogP contribution is -2.57. The summed E-state index contributed by atoms with van der Waals surface area (Å²) in [6.45, 7) is 5.38. The van der Waals surface area contributed by atoms with Crippen molar-refractivity contribution in [3.8, 4) is 0 Å². The molecule has 94 valence electrons. The van der Waals surface area contributed by atoms with Gasteiger partial charge < -0.3 is 15.4 Å². The van der Waals surface area contributed by atoms with Crippen LogP contribution in [-0.2, 0) is 0 Å². The smallest absolute Gasteiger partial charge is 0.256 e. The van der Waals surface area contributed by atoms with Crippen LogP contribution in [0.1, 0.15) is 23.9 Å². The lowest BCUT2D eigenvalue weighted by atomic mass is 10.1. The van der Waals surface area contributed by atoms with E-state index in [9.17, 15) is 5.11 Å². The molecule has 3 saturated heterocycles. The highest BCUT2D eigenvalue weighted by Gasteiger charge is 2.35. The molecule has 3 aliphatic heterocycles. The molecule has 7 heteroatoms. The Labute approximate surface area is 99.2 Å². The minimum Gasteiger partial charge on any atom is -0.382 e. The molecule has 0 saturated carbocycles. The fraction of sp³-hybridized carbons (Fsp3) is 0.800. The van der Waals surface area contributed by atoms with Crippen LogP contribution in [-0.4, -0.2) is 64.3 Å². The van der Waals surface area contributed by atoms with Crippen LogP contribution in [0.2, 0.25) is 0 Å². The number of aromatic nitrogens is 2. The molecule has 2 unspecified atom stereocenters. The SMILES string of the molecule is NCC(O)c1nc(C2CN3CCN2CC3)no1. The average Bonchev–Trinajstić information content (AvgIpc) is 2.88. The molecule has 0 radical (unpaired) electrons. The largest absolute Gasteiger partial charge is 0.382 e. The van der Waals surface area contributed by atoms with Gasteiger partial charge in [-0.1, -0.05) is 5.16 Å². The number of hydrogen-bond acceptors (Lipinski definition) is 7. The molecule has 0 amide bonds. The average molecular weight is 239 g/mol. The highest BCUT2D eigenvalue weighted by molar-refractivity contribution is 5.02. The normalized spacial score (nSPS) is 33.9. The summed E-state index contributed by atoms with van der Waals surface area (Å²) in [7, 11) is 0. The lowest BCUT2D eigenvalue weighted by molar-refractivity contribution is 0.00780. The number of nitrogens with two attached hydrogens (primary N) is 1. The first kappa shape index (κ1) is 11.1. The van der Waals surface area contributed by atoms with E-state index in [1.54, 1.807) is 0 Å². The van der Waals surface area contributed by atoms with Crippen molar-refractivity contribution >= 4 is 0 Å². The maximum absolute atomic E-state index is 9.53. The molecule has 3 N–H and O–H groups in total. The number of hydrogen-bond donors (Lipinski definition) is 2. The van der Waals surface area contributed by atoms with E-state index in [-0.39, 0.29) is 18.5 Å². The Morgan fingerprint density at radius 2 is 2.18 bits per heavy atom. The van der Waals surface area contributed by atoms with Crippen LogP contribution >= 0.6 is 0 Å². The van der Waals surface area contributed by atoms with Gasteiger partial charge in [0.25, 0.3) is 5.89 Å². The third-order valence-electron chi connectivity index (χ3n) is 3.54. The molecular weight excluding hydrogens is 222 g/mol. The van der Waals surface area contributed by atoms with E-state index in [0.29, 0.717) is 5.82 Å². The molecule has 17 heavy (non-hydrogen) atoms. The fourth-order valence-electron chi connectivity index (χ4n) is 2.48. The topological polar surface area (TPSA) is 91.7 Å². The number of rotatable bonds is 3. The molecule has 2 bridgehead atoms. The summed E-state index contributed by atoms with van der Waals surface area (Å²) in [5.74, 6) is 0.886. The molecule has 1 aromatic heterocycles. The van der Waals surface area contributed by atoms with Crippen molar-refractivity contribution in [2.24, 2.45) is 5.73 Å². The minimum atomic E-state index is -0.854.